The van der Waals surface area contributed by atoms with Crippen LogP contribution in [0.15, 0.2) is 23.2 Å². The fraction of sp³-hybridized carbons (Fsp3) is 0.545. The molecule has 0 spiro atoms. The Morgan fingerprint density at radius 3 is 2.80 bits per heavy atom. The van der Waals surface area contributed by atoms with Gasteiger partial charge in [0.2, 0.25) is 5.88 Å². The Bertz CT molecular complexity index is 474. The molecule has 0 amide bonds. The van der Waals surface area contributed by atoms with Crippen LogP contribution in [0.2, 0.25) is 0 Å². The van der Waals surface area contributed by atoms with Crippen LogP contribution in [0.25, 0.3) is 0 Å². The monoisotopic (exact) mass is 310 g/mol. The van der Waals surface area contributed by atoms with Gasteiger partial charge in [0.05, 0.1) is 6.61 Å². The summed E-state index contributed by atoms with van der Waals surface area (Å²) < 4.78 is 41.7. The molecular formula is C11H13F3N2O3S. The Hall–Kier alpha value is -1.03. The third kappa shape index (κ3) is 4.23. The first kappa shape index (κ1) is 15.4. The third-order valence-corrected chi connectivity index (χ3v) is 3.72. The van der Waals surface area contributed by atoms with Crippen molar-refractivity contribution in [2.24, 2.45) is 0 Å². The van der Waals surface area contributed by atoms with E-state index >= 15 is 0 Å². The molecule has 1 aromatic heterocycles. The first-order valence-corrected chi connectivity index (χ1v) is 6.56. The summed E-state index contributed by atoms with van der Waals surface area (Å²) in [5.74, 6) is -0.529. The maximum Gasteiger partial charge on any atom is 0.574 e. The van der Waals surface area contributed by atoms with Crippen molar-refractivity contribution in [3.05, 3.63) is 18.2 Å². The number of halogens is 3. The van der Waals surface area contributed by atoms with Gasteiger partial charge in [-0.15, -0.1) is 13.2 Å². The van der Waals surface area contributed by atoms with E-state index in [0.717, 1.165) is 18.0 Å². The minimum atomic E-state index is -4.78. The van der Waals surface area contributed by atoms with Gasteiger partial charge in [0.25, 0.3) is 0 Å². The summed E-state index contributed by atoms with van der Waals surface area (Å²) in [7, 11) is 0. The van der Waals surface area contributed by atoms with Crippen molar-refractivity contribution < 1.29 is 28.1 Å². The predicted octanol–water partition coefficient (Wildman–Crippen LogP) is 1.42. The molecule has 5 nitrogen and oxygen atoms in total. The molecular weight excluding hydrogens is 297 g/mol. The summed E-state index contributed by atoms with van der Waals surface area (Å²) in [5.41, 5.74) is -1.16. The zero-order valence-electron chi connectivity index (χ0n) is 10.3. The molecule has 2 heterocycles. The highest BCUT2D eigenvalue weighted by Crippen LogP contribution is 2.31. The van der Waals surface area contributed by atoms with Crippen LogP contribution >= 0.6 is 11.9 Å². The molecule has 1 fully saturated rings. The topological polar surface area (TPSA) is 65.8 Å². The zero-order valence-corrected chi connectivity index (χ0v) is 11.1. The number of alkyl halides is 3. The van der Waals surface area contributed by atoms with E-state index in [4.69, 9.17) is 5.11 Å². The molecule has 1 atom stereocenters. The quantitative estimate of drug-likeness (QED) is 0.820. The second kappa shape index (κ2) is 5.76. The molecule has 1 aliphatic rings. The third-order valence-electron chi connectivity index (χ3n) is 2.73. The molecule has 9 heteroatoms. The summed E-state index contributed by atoms with van der Waals surface area (Å²) in [6, 6.07) is 4.07. The van der Waals surface area contributed by atoms with Gasteiger partial charge in [0.15, 0.2) is 0 Å². The number of hydrogen-bond acceptors (Lipinski definition) is 6. The highest BCUT2D eigenvalue weighted by atomic mass is 32.2. The fourth-order valence-electron chi connectivity index (χ4n) is 1.78. The number of hydrogen-bond donors (Lipinski definition) is 2. The van der Waals surface area contributed by atoms with Gasteiger partial charge >= 0.3 is 6.36 Å². The molecule has 0 saturated carbocycles. The van der Waals surface area contributed by atoms with E-state index in [2.05, 4.69) is 9.72 Å². The molecule has 1 unspecified atom stereocenters. The molecule has 0 aromatic carbocycles. The summed E-state index contributed by atoms with van der Waals surface area (Å²) in [5, 5.41) is 19.2. The highest BCUT2D eigenvalue weighted by molar-refractivity contribution is 7.97. The van der Waals surface area contributed by atoms with Gasteiger partial charge in [-0.1, -0.05) is 6.07 Å². The van der Waals surface area contributed by atoms with Crippen LogP contribution in [0.4, 0.5) is 13.2 Å². The van der Waals surface area contributed by atoms with Crippen LogP contribution in [0.3, 0.4) is 0 Å². The Morgan fingerprint density at radius 1 is 1.45 bits per heavy atom. The van der Waals surface area contributed by atoms with Crippen LogP contribution in [0.1, 0.15) is 6.42 Å². The fourth-order valence-corrected chi connectivity index (χ4v) is 2.80. The Morgan fingerprint density at radius 2 is 2.20 bits per heavy atom. The average Bonchev–Trinajstić information content (AvgIpc) is 2.70. The number of aliphatic hydroxyl groups excluding tert-OH is 1. The van der Waals surface area contributed by atoms with E-state index in [9.17, 15) is 18.3 Å². The lowest BCUT2D eigenvalue weighted by Gasteiger charge is -2.19. The molecule has 0 bridgehead atoms. The van der Waals surface area contributed by atoms with Gasteiger partial charge in [-0.05, 0) is 24.4 Å². The van der Waals surface area contributed by atoms with Crippen molar-refractivity contribution in [3.8, 4) is 5.88 Å². The van der Waals surface area contributed by atoms with E-state index in [0.29, 0.717) is 18.0 Å². The molecule has 1 saturated heterocycles. The number of aromatic nitrogens is 1. The Kier molecular flexibility index (Phi) is 4.43. The average molecular weight is 310 g/mol. The summed E-state index contributed by atoms with van der Waals surface area (Å²) >= 11 is 1.11. The second-order valence-corrected chi connectivity index (χ2v) is 5.57. The van der Waals surface area contributed by atoms with Gasteiger partial charge < -0.3 is 14.9 Å². The Balaban J connectivity index is 1.99. The SMILES string of the molecule is OCC1(O)CCN(Sc2cccc(OC(F)(F)F)n2)C1. The minimum absolute atomic E-state index is 0.222. The first-order chi connectivity index (χ1) is 9.30. The molecule has 1 aliphatic heterocycles. The van der Waals surface area contributed by atoms with Gasteiger partial charge in [-0.25, -0.2) is 9.29 Å². The van der Waals surface area contributed by atoms with Crippen molar-refractivity contribution in [2.75, 3.05) is 19.7 Å². The standard InChI is InChI=1S/C11H13F3N2O3S/c12-11(13,14)19-8-2-1-3-9(15-8)20-16-5-4-10(18,6-16)7-17/h1-3,17-18H,4-7H2. The van der Waals surface area contributed by atoms with Crippen LogP contribution in [0.5, 0.6) is 5.88 Å². The van der Waals surface area contributed by atoms with Crippen molar-refractivity contribution in [2.45, 2.75) is 23.4 Å². The first-order valence-electron chi connectivity index (χ1n) is 5.79. The van der Waals surface area contributed by atoms with E-state index in [1.807, 2.05) is 0 Å². The van der Waals surface area contributed by atoms with Gasteiger partial charge in [0, 0.05) is 19.2 Å². The number of β-amino-alcohol motifs (C(OH)–C–C–N with tert-alkyl or cyclic N) is 1. The maximum atomic E-state index is 12.1. The van der Waals surface area contributed by atoms with Gasteiger partial charge in [-0.3, -0.25) is 0 Å². The lowest BCUT2D eigenvalue weighted by Crippen LogP contribution is -2.35. The summed E-state index contributed by atoms with van der Waals surface area (Å²) in [6.45, 7) is 0.378. The Labute approximate surface area is 117 Å². The van der Waals surface area contributed by atoms with E-state index in [-0.39, 0.29) is 13.2 Å². The largest absolute Gasteiger partial charge is 0.574 e. The molecule has 0 aliphatic carbocycles. The maximum absolute atomic E-state index is 12.1. The lowest BCUT2D eigenvalue weighted by atomic mass is 10.1. The lowest BCUT2D eigenvalue weighted by molar-refractivity contribution is -0.276. The van der Waals surface area contributed by atoms with Gasteiger partial charge in [0.1, 0.15) is 10.6 Å². The van der Waals surface area contributed by atoms with Crippen LogP contribution in [0, 0.1) is 0 Å². The highest BCUT2D eigenvalue weighted by Gasteiger charge is 2.36. The number of aliphatic hydroxyl groups is 2. The second-order valence-electron chi connectivity index (χ2n) is 4.45. The van der Waals surface area contributed by atoms with Crippen LogP contribution < -0.4 is 4.74 Å². The van der Waals surface area contributed by atoms with Crippen molar-refractivity contribution in [1.29, 1.82) is 0 Å². The minimum Gasteiger partial charge on any atom is -0.393 e. The van der Waals surface area contributed by atoms with Crippen LogP contribution in [-0.4, -0.2) is 51.2 Å². The molecule has 112 valence electrons. The van der Waals surface area contributed by atoms with Gasteiger partial charge in [-0.2, -0.15) is 0 Å². The normalized spacial score (nSPS) is 24.1. The van der Waals surface area contributed by atoms with Crippen molar-refractivity contribution >= 4 is 11.9 Å². The molecule has 20 heavy (non-hydrogen) atoms. The number of pyridine rings is 1. The smallest absolute Gasteiger partial charge is 0.393 e. The van der Waals surface area contributed by atoms with E-state index in [1.54, 1.807) is 10.4 Å². The predicted molar refractivity (Wildman–Crippen MR) is 65.0 cm³/mol. The van der Waals surface area contributed by atoms with Crippen LogP contribution in [-0.2, 0) is 0 Å². The number of nitrogens with zero attached hydrogens (tertiary/aromatic N) is 2. The number of ether oxygens (including phenoxy) is 1. The van der Waals surface area contributed by atoms with E-state index < -0.39 is 17.8 Å². The van der Waals surface area contributed by atoms with Crippen molar-refractivity contribution in [1.82, 2.24) is 9.29 Å². The molecule has 1 aromatic rings. The summed E-state index contributed by atoms with van der Waals surface area (Å²) in [6.07, 6.45) is -4.38. The summed E-state index contributed by atoms with van der Waals surface area (Å²) in [4.78, 5) is 3.73. The number of rotatable bonds is 4. The van der Waals surface area contributed by atoms with Crippen molar-refractivity contribution in [3.63, 3.8) is 0 Å². The molecule has 0 radical (unpaired) electrons. The molecule has 2 N–H and O–H groups in total. The van der Waals surface area contributed by atoms with E-state index in [1.165, 1.54) is 6.07 Å². The zero-order chi connectivity index (χ0) is 14.8. The molecule has 2 rings (SSSR count).